The summed E-state index contributed by atoms with van der Waals surface area (Å²) < 4.78 is 7.14. The molecule has 51 heavy (non-hydrogen) atoms. The van der Waals surface area contributed by atoms with Crippen molar-refractivity contribution in [2.75, 3.05) is 0 Å². The molecule has 10 aromatic rings. The van der Waals surface area contributed by atoms with Crippen molar-refractivity contribution in [3.63, 3.8) is 0 Å². The summed E-state index contributed by atoms with van der Waals surface area (Å²) in [5.41, 5.74) is 15.6. The van der Waals surface area contributed by atoms with Gasteiger partial charge in [-0.3, -0.25) is 4.57 Å². The molecule has 0 fully saturated rings. The molecule has 1 aliphatic heterocycles. The number of hydrogen-bond acceptors (Lipinski definition) is 1. The molecule has 0 atom stereocenters. The second-order valence-electron chi connectivity index (χ2n) is 13.8. The van der Waals surface area contributed by atoms with E-state index in [0.717, 1.165) is 22.9 Å². The summed E-state index contributed by atoms with van der Waals surface area (Å²) in [5.74, 6) is 1.02. The quantitative estimate of drug-likeness (QED) is 0.181. The zero-order valence-corrected chi connectivity index (χ0v) is 28.3. The molecule has 0 aliphatic carbocycles. The van der Waals surface area contributed by atoms with Gasteiger partial charge < -0.3 is 9.13 Å². The predicted octanol–water partition coefficient (Wildman–Crippen LogP) is 12.2. The van der Waals surface area contributed by atoms with Crippen molar-refractivity contribution in [1.29, 1.82) is 0 Å². The van der Waals surface area contributed by atoms with Gasteiger partial charge in [0.1, 0.15) is 5.82 Å². The zero-order chi connectivity index (χ0) is 33.8. The van der Waals surface area contributed by atoms with Crippen LogP contribution in [-0.4, -0.2) is 19.9 Å². The predicted molar refractivity (Wildman–Crippen MR) is 214 cm³/mol. The monoisotopic (exact) mass is 652 g/mol. The van der Waals surface area contributed by atoms with Gasteiger partial charge in [-0.05, 0) is 92.2 Å². The van der Waals surface area contributed by atoms with E-state index in [1.54, 1.807) is 0 Å². The van der Waals surface area contributed by atoms with E-state index in [4.69, 9.17) is 4.99 Å². The third-order valence-electron chi connectivity index (χ3n) is 10.8. The van der Waals surface area contributed by atoms with Crippen LogP contribution < -0.4 is 0 Å². The maximum Gasteiger partial charge on any atom is 0.147 e. The molecular formula is C47H32N4. The second kappa shape index (κ2) is 10.4. The van der Waals surface area contributed by atoms with E-state index in [9.17, 15) is 0 Å². The van der Waals surface area contributed by atoms with Gasteiger partial charge in [-0.1, -0.05) is 90.0 Å². The first-order valence-electron chi connectivity index (χ1n) is 17.6. The number of hydrogen-bond donors (Lipinski definition) is 0. The van der Waals surface area contributed by atoms with Crippen LogP contribution in [-0.2, 0) is 0 Å². The van der Waals surface area contributed by atoms with Crippen molar-refractivity contribution in [2.45, 2.75) is 13.8 Å². The van der Waals surface area contributed by atoms with Crippen molar-refractivity contribution in [1.82, 2.24) is 13.7 Å². The molecule has 4 nitrogen and oxygen atoms in total. The van der Waals surface area contributed by atoms with E-state index in [0.29, 0.717) is 0 Å². The Balaban J connectivity index is 1.11. The fourth-order valence-corrected chi connectivity index (χ4v) is 8.38. The van der Waals surface area contributed by atoms with Crippen LogP contribution in [0.4, 0.5) is 5.82 Å². The number of fused-ring (bicyclic) bond motifs is 9. The Labute approximate surface area is 294 Å². The van der Waals surface area contributed by atoms with E-state index in [-0.39, 0.29) is 0 Å². The van der Waals surface area contributed by atoms with Gasteiger partial charge in [-0.25, -0.2) is 4.99 Å². The number of benzene rings is 7. The lowest BCUT2D eigenvalue weighted by Crippen LogP contribution is -1.98. The van der Waals surface area contributed by atoms with E-state index < -0.39 is 0 Å². The first kappa shape index (κ1) is 28.2. The fraction of sp³-hybridized carbons (Fsp3) is 0.0426. The number of rotatable bonds is 4. The Kier molecular flexibility index (Phi) is 5.77. The van der Waals surface area contributed by atoms with Crippen LogP contribution in [0, 0.1) is 13.8 Å². The minimum atomic E-state index is 1.02. The molecule has 3 aromatic heterocycles. The van der Waals surface area contributed by atoms with Gasteiger partial charge in [0.25, 0.3) is 0 Å². The molecule has 0 saturated heterocycles. The van der Waals surface area contributed by atoms with Gasteiger partial charge in [0.15, 0.2) is 0 Å². The Morgan fingerprint density at radius 1 is 0.412 bits per heavy atom. The molecule has 240 valence electrons. The van der Waals surface area contributed by atoms with Crippen molar-refractivity contribution in [3.05, 3.63) is 168 Å². The molecule has 4 heterocycles. The first-order chi connectivity index (χ1) is 25.1. The summed E-state index contributed by atoms with van der Waals surface area (Å²) in [4.78, 5) is 4.69. The Hall–Kier alpha value is -6.65. The molecule has 0 spiro atoms. The van der Waals surface area contributed by atoms with Gasteiger partial charge in [0, 0.05) is 55.6 Å². The minimum absolute atomic E-state index is 1.02. The molecule has 7 aromatic carbocycles. The molecule has 0 unspecified atom stereocenters. The molecule has 11 rings (SSSR count). The standard InChI is InChI=1S/C47H32N4/c1-29-15-19-32(20-16-29)50-45-23-18-31(26-38(45)40-28-48-47(40)50)34-9-3-6-12-41(34)51-43-14-8-5-11-36(43)39-27-33(21-24-46(39)51)49-42-13-7-4-10-35(42)37-25-30(2)17-22-44(37)49/h3-28H,1-2H3. The largest absolute Gasteiger partial charge is 0.309 e. The van der Waals surface area contributed by atoms with Crippen LogP contribution >= 0.6 is 0 Å². The van der Waals surface area contributed by atoms with Crippen molar-refractivity contribution < 1.29 is 0 Å². The van der Waals surface area contributed by atoms with E-state index in [2.05, 4.69) is 179 Å². The summed E-state index contributed by atoms with van der Waals surface area (Å²) in [7, 11) is 0. The Bertz CT molecular complexity index is 3090. The number of aromatic nitrogens is 3. The van der Waals surface area contributed by atoms with Crippen LogP contribution in [0.1, 0.15) is 16.7 Å². The second-order valence-corrected chi connectivity index (χ2v) is 13.8. The van der Waals surface area contributed by atoms with Gasteiger partial charge in [-0.15, -0.1) is 0 Å². The first-order valence-corrected chi connectivity index (χ1v) is 17.6. The Morgan fingerprint density at radius 3 is 1.78 bits per heavy atom. The van der Waals surface area contributed by atoms with Crippen molar-refractivity contribution in [2.24, 2.45) is 4.99 Å². The molecule has 1 aliphatic rings. The van der Waals surface area contributed by atoms with Gasteiger partial charge >= 0.3 is 0 Å². The van der Waals surface area contributed by atoms with E-state index in [1.165, 1.54) is 82.3 Å². The van der Waals surface area contributed by atoms with Crippen molar-refractivity contribution >= 4 is 66.5 Å². The highest BCUT2D eigenvalue weighted by molar-refractivity contribution is 6.14. The van der Waals surface area contributed by atoms with Gasteiger partial charge in [0.2, 0.25) is 0 Å². The van der Waals surface area contributed by atoms with Crippen LogP contribution in [0.3, 0.4) is 0 Å². The zero-order valence-electron chi connectivity index (χ0n) is 28.3. The third kappa shape index (κ3) is 3.99. The van der Waals surface area contributed by atoms with Crippen molar-refractivity contribution in [3.8, 4) is 28.2 Å². The molecule has 0 amide bonds. The highest BCUT2D eigenvalue weighted by atomic mass is 15.1. The highest BCUT2D eigenvalue weighted by Gasteiger charge is 2.23. The summed E-state index contributed by atoms with van der Waals surface area (Å²) >= 11 is 0. The molecule has 4 heteroatoms. The highest BCUT2D eigenvalue weighted by Crippen LogP contribution is 2.43. The van der Waals surface area contributed by atoms with Gasteiger partial charge in [0.05, 0.1) is 33.3 Å². The number of para-hydroxylation sites is 3. The smallest absolute Gasteiger partial charge is 0.147 e. The van der Waals surface area contributed by atoms with Crippen LogP contribution in [0.5, 0.6) is 0 Å². The minimum Gasteiger partial charge on any atom is -0.309 e. The maximum absolute atomic E-state index is 4.69. The molecule has 0 saturated carbocycles. The third-order valence-corrected chi connectivity index (χ3v) is 10.8. The van der Waals surface area contributed by atoms with Crippen LogP contribution in [0.15, 0.2) is 157 Å². The molecule has 0 N–H and O–H groups in total. The summed E-state index contributed by atoms with van der Waals surface area (Å²) in [6.07, 6.45) is 2.00. The normalized spacial score (nSPS) is 12.4. The average Bonchev–Trinajstić information content (AvgIpc) is 3.73. The number of aryl methyl sites for hydroxylation is 2. The van der Waals surface area contributed by atoms with Gasteiger partial charge in [-0.2, -0.15) is 0 Å². The van der Waals surface area contributed by atoms with Crippen LogP contribution in [0.2, 0.25) is 0 Å². The summed E-state index contributed by atoms with van der Waals surface area (Å²) in [5, 5.41) is 6.26. The molecule has 0 bridgehead atoms. The topological polar surface area (TPSA) is 27.1 Å². The Morgan fingerprint density at radius 2 is 1.00 bits per heavy atom. The maximum atomic E-state index is 4.69. The lowest BCUT2D eigenvalue weighted by atomic mass is 10.00. The lowest BCUT2D eigenvalue weighted by molar-refractivity contribution is 1.10. The number of aliphatic imine (C=N–C) groups is 1. The SMILES string of the molecule is Cc1ccc(-n2c3c(c4cc(-c5ccccc5-n5c6ccccc6c6cc(-n7c8ccccc8c8cc(C)ccc87)ccc65)ccc42)C=N3)cc1. The lowest BCUT2D eigenvalue weighted by Gasteiger charge is -2.15. The average molecular weight is 653 g/mol. The fourth-order valence-electron chi connectivity index (χ4n) is 8.38. The van der Waals surface area contributed by atoms with Crippen LogP contribution in [0.25, 0.3) is 82.7 Å². The molecule has 0 radical (unpaired) electrons. The summed E-state index contributed by atoms with van der Waals surface area (Å²) in [6, 6.07) is 55.7. The number of nitrogens with zero attached hydrogens (tertiary/aromatic N) is 4. The summed E-state index contributed by atoms with van der Waals surface area (Å²) in [6.45, 7) is 4.30. The van der Waals surface area contributed by atoms with E-state index >= 15 is 0 Å². The van der Waals surface area contributed by atoms with E-state index in [1.807, 2.05) is 6.21 Å². The molecular weight excluding hydrogens is 621 g/mol.